The summed E-state index contributed by atoms with van der Waals surface area (Å²) in [7, 11) is -2.21. The predicted molar refractivity (Wildman–Crippen MR) is 154 cm³/mol. The van der Waals surface area contributed by atoms with E-state index in [0.717, 1.165) is 12.8 Å². The first-order valence-electron chi connectivity index (χ1n) is 12.5. The lowest BCUT2D eigenvalue weighted by atomic mass is 10.1. The van der Waals surface area contributed by atoms with E-state index in [1.54, 1.807) is 0 Å². The van der Waals surface area contributed by atoms with Crippen molar-refractivity contribution in [1.82, 2.24) is 0 Å². The molecular weight excluding hydrogens is 534 g/mol. The van der Waals surface area contributed by atoms with Gasteiger partial charge in [-0.25, -0.2) is 0 Å². The Balaban J connectivity index is 1.98. The van der Waals surface area contributed by atoms with E-state index in [2.05, 4.69) is 127 Å². The first-order valence-corrected chi connectivity index (χ1v) is 15.3. The van der Waals surface area contributed by atoms with Crippen LogP contribution in [0.5, 0.6) is 0 Å². The van der Waals surface area contributed by atoms with Gasteiger partial charge >= 0.3 is 0 Å². The first kappa shape index (κ1) is 26.4. The molecule has 0 aromatic heterocycles. The van der Waals surface area contributed by atoms with Crippen molar-refractivity contribution in [2.45, 2.75) is 74.5 Å². The summed E-state index contributed by atoms with van der Waals surface area (Å²) >= 11 is 2.54. The molecule has 3 rings (SSSR count). The Morgan fingerprint density at radius 1 is 0.667 bits per heavy atom. The van der Waals surface area contributed by atoms with Crippen molar-refractivity contribution < 1.29 is 5.11 Å². The van der Waals surface area contributed by atoms with Crippen LogP contribution in [0.25, 0.3) is 0 Å². The summed E-state index contributed by atoms with van der Waals surface area (Å²) in [5.74, 6) is 0. The maximum absolute atomic E-state index is 14.1. The summed E-state index contributed by atoms with van der Waals surface area (Å²) in [6, 6.07) is 32.4. The molecule has 0 spiro atoms. The smallest absolute Gasteiger partial charge is 0.128 e. The molecule has 1 nitrogen and oxygen atoms in total. The van der Waals surface area contributed by atoms with Crippen molar-refractivity contribution >= 4 is 45.8 Å². The van der Waals surface area contributed by atoms with Gasteiger partial charge in [0.25, 0.3) is 0 Å². The summed E-state index contributed by atoms with van der Waals surface area (Å²) in [5.41, 5.74) is 0. The van der Waals surface area contributed by atoms with Gasteiger partial charge < -0.3 is 5.11 Å². The molecule has 3 aromatic rings. The molecule has 0 saturated carbocycles. The fraction of sp³-hybridized carbons (Fsp3) is 0.400. The number of unbranched alkanes of at least 4 members (excludes halogenated alkanes) is 6. The van der Waals surface area contributed by atoms with Gasteiger partial charge in [0.05, 0.1) is 0 Å². The highest BCUT2D eigenvalue weighted by molar-refractivity contribution is 14.1. The molecule has 0 amide bonds. The minimum absolute atomic E-state index is 0.447. The minimum Gasteiger partial charge on any atom is -0.848 e. The van der Waals surface area contributed by atoms with E-state index in [-0.39, 0.29) is 0 Å². The molecule has 0 heterocycles. The zero-order chi connectivity index (χ0) is 23.6. The van der Waals surface area contributed by atoms with Crippen LogP contribution in [0, 0.1) is 0 Å². The normalized spacial score (nSPS) is 14.5. The van der Waals surface area contributed by atoms with Crippen LogP contribution in [-0.2, 0) is 0 Å². The Bertz CT molecular complexity index is 831. The molecule has 3 aromatic carbocycles. The number of benzene rings is 3. The van der Waals surface area contributed by atoms with E-state index in [9.17, 15) is 5.11 Å². The van der Waals surface area contributed by atoms with Gasteiger partial charge in [-0.15, -0.1) is 0 Å². The monoisotopic (exact) mass is 572 g/mol. The fourth-order valence-electron chi connectivity index (χ4n) is 4.93. The largest absolute Gasteiger partial charge is 0.848 e. The molecule has 176 valence electrons. The highest BCUT2D eigenvalue weighted by Crippen LogP contribution is 2.69. The predicted octanol–water partition coefficient (Wildman–Crippen LogP) is 7.00. The molecular formula is C30H38IOP. The SMILES string of the molecule is CCCCCCCCCC([O-])C(C)(I)[P+](c1ccccc1)(c1ccccc1)c1ccccc1. The molecule has 0 aliphatic carbocycles. The van der Waals surface area contributed by atoms with Gasteiger partial charge in [0.1, 0.15) is 26.3 Å². The van der Waals surface area contributed by atoms with Crippen molar-refractivity contribution in [3.63, 3.8) is 0 Å². The standard InChI is InChI=1S/C30H38IOP/c1-3-4-5-6-7-8-18-25-29(32)30(2,31)33(26-19-12-9-13-20-26,27-21-14-10-15-22-27)28-23-16-11-17-24-28/h9-17,19-24,29H,3-8,18,25H2,1-2H3. The highest BCUT2D eigenvalue weighted by atomic mass is 127. The third kappa shape index (κ3) is 6.08. The van der Waals surface area contributed by atoms with Crippen LogP contribution in [-0.4, -0.2) is 9.27 Å². The van der Waals surface area contributed by atoms with Gasteiger partial charge in [-0.2, -0.15) is 0 Å². The molecule has 3 heteroatoms. The number of halogens is 1. The molecule has 0 N–H and O–H groups in total. The Morgan fingerprint density at radius 3 is 1.42 bits per heavy atom. The molecule has 0 bridgehead atoms. The Labute approximate surface area is 215 Å². The molecule has 0 saturated heterocycles. The summed E-state index contributed by atoms with van der Waals surface area (Å²) in [6.45, 7) is 4.48. The van der Waals surface area contributed by atoms with Crippen LogP contribution < -0.4 is 21.0 Å². The van der Waals surface area contributed by atoms with Crippen LogP contribution in [0.1, 0.15) is 65.2 Å². The lowest BCUT2D eigenvalue weighted by Crippen LogP contribution is -2.53. The number of hydrogen-bond donors (Lipinski definition) is 0. The summed E-state index contributed by atoms with van der Waals surface area (Å²) in [6.07, 6.45) is 8.78. The number of hydrogen-bond acceptors (Lipinski definition) is 1. The molecule has 0 aliphatic rings. The van der Waals surface area contributed by atoms with E-state index < -0.39 is 16.5 Å². The Kier molecular flexibility index (Phi) is 10.4. The van der Waals surface area contributed by atoms with Gasteiger partial charge in [0.15, 0.2) is 0 Å². The molecule has 0 aliphatic heterocycles. The van der Waals surface area contributed by atoms with Crippen LogP contribution in [0.3, 0.4) is 0 Å². The number of rotatable bonds is 13. The highest BCUT2D eigenvalue weighted by Gasteiger charge is 2.59. The average molecular weight is 573 g/mol. The first-order chi connectivity index (χ1) is 16.0. The summed E-state index contributed by atoms with van der Waals surface area (Å²) in [4.78, 5) is 0. The van der Waals surface area contributed by atoms with E-state index in [4.69, 9.17) is 0 Å². The van der Waals surface area contributed by atoms with Crippen molar-refractivity contribution in [2.24, 2.45) is 0 Å². The van der Waals surface area contributed by atoms with Crippen molar-refractivity contribution in [3.8, 4) is 0 Å². The maximum Gasteiger partial charge on any atom is 0.128 e. The van der Waals surface area contributed by atoms with E-state index in [0.29, 0.717) is 0 Å². The molecule has 0 fully saturated rings. The molecule has 0 radical (unpaired) electrons. The van der Waals surface area contributed by atoms with Crippen LogP contribution in [0.2, 0.25) is 0 Å². The van der Waals surface area contributed by atoms with E-state index in [1.165, 1.54) is 54.4 Å². The van der Waals surface area contributed by atoms with Gasteiger partial charge in [-0.3, -0.25) is 0 Å². The fourth-order valence-corrected chi connectivity index (χ4v) is 12.6. The lowest BCUT2D eigenvalue weighted by molar-refractivity contribution is -0.421. The quantitative estimate of drug-likeness (QED) is 0.0937. The third-order valence-corrected chi connectivity index (χ3v) is 14.4. The lowest BCUT2D eigenvalue weighted by Gasteiger charge is -2.46. The maximum atomic E-state index is 14.1. The molecule has 2 unspecified atom stereocenters. The van der Waals surface area contributed by atoms with Crippen molar-refractivity contribution in [1.29, 1.82) is 0 Å². The molecule has 2 atom stereocenters. The van der Waals surface area contributed by atoms with Crippen molar-refractivity contribution in [2.75, 3.05) is 0 Å². The second kappa shape index (κ2) is 13.0. The van der Waals surface area contributed by atoms with Gasteiger partial charge in [-0.1, -0.05) is 119 Å². The van der Waals surface area contributed by atoms with Gasteiger partial charge in [-0.05, 0) is 65.9 Å². The topological polar surface area (TPSA) is 23.1 Å². The Morgan fingerprint density at radius 2 is 1.03 bits per heavy atom. The van der Waals surface area contributed by atoms with E-state index in [1.807, 2.05) is 0 Å². The van der Waals surface area contributed by atoms with Gasteiger partial charge in [0.2, 0.25) is 0 Å². The number of alkyl halides is 1. The third-order valence-electron chi connectivity index (χ3n) is 6.74. The van der Waals surface area contributed by atoms with Crippen molar-refractivity contribution in [3.05, 3.63) is 91.0 Å². The second-order valence-corrected chi connectivity index (χ2v) is 16.0. The average Bonchev–Trinajstić information content (AvgIpc) is 2.85. The summed E-state index contributed by atoms with van der Waals surface area (Å²) in [5, 5.41) is 17.9. The minimum atomic E-state index is -2.21. The Hall–Kier alpha value is -1.22. The van der Waals surface area contributed by atoms with Gasteiger partial charge in [0, 0.05) is 0 Å². The zero-order valence-corrected chi connectivity index (χ0v) is 23.2. The molecule has 33 heavy (non-hydrogen) atoms. The van der Waals surface area contributed by atoms with Crippen LogP contribution >= 0.6 is 29.9 Å². The zero-order valence-electron chi connectivity index (χ0n) is 20.1. The second-order valence-electron chi connectivity index (χ2n) is 9.10. The van der Waals surface area contributed by atoms with Crippen LogP contribution in [0.15, 0.2) is 91.0 Å². The van der Waals surface area contributed by atoms with Crippen LogP contribution in [0.4, 0.5) is 0 Å². The van der Waals surface area contributed by atoms with E-state index >= 15 is 0 Å². The summed E-state index contributed by atoms with van der Waals surface area (Å²) < 4.78 is -0.447.